The molecule has 4 heterocycles. The minimum absolute atomic E-state index is 0.104. The van der Waals surface area contributed by atoms with Crippen molar-refractivity contribution in [1.82, 2.24) is 34.9 Å². The molecule has 4 rings (SSSR count). The van der Waals surface area contributed by atoms with Gasteiger partial charge in [0.15, 0.2) is 11.5 Å². The first-order valence-corrected chi connectivity index (χ1v) is 8.17. The molecule has 0 aliphatic heterocycles. The molecule has 9 nitrogen and oxygen atoms in total. The molecule has 4 aromatic rings. The summed E-state index contributed by atoms with van der Waals surface area (Å²) in [6, 6.07) is 2.84. The number of alkyl halides is 4. The molecule has 1 atom stereocenters. The van der Waals surface area contributed by atoms with E-state index in [0.29, 0.717) is 5.52 Å². The monoisotopic (exact) mass is 408 g/mol. The second-order valence-electron chi connectivity index (χ2n) is 5.74. The number of nitrogens with one attached hydrogen (secondary N) is 2. The third kappa shape index (κ3) is 3.93. The summed E-state index contributed by atoms with van der Waals surface area (Å²) < 4.78 is 57.3. The molecule has 0 spiro atoms. The molecule has 0 saturated heterocycles. The summed E-state index contributed by atoms with van der Waals surface area (Å²) in [5.41, 5.74) is 0.666. The second kappa shape index (κ2) is 7.69. The van der Waals surface area contributed by atoms with Gasteiger partial charge >= 0.3 is 6.61 Å². The van der Waals surface area contributed by atoms with E-state index in [0.717, 1.165) is 4.68 Å². The summed E-state index contributed by atoms with van der Waals surface area (Å²) in [5.74, 6) is 0.0275. The number of nitrogens with zero attached hydrogens (tertiary/aromatic N) is 6. The van der Waals surface area contributed by atoms with Gasteiger partial charge in [0.1, 0.15) is 17.4 Å². The van der Waals surface area contributed by atoms with Crippen LogP contribution in [0, 0.1) is 0 Å². The lowest BCUT2D eigenvalue weighted by molar-refractivity contribution is -0.0528. The van der Waals surface area contributed by atoms with E-state index in [-0.39, 0.29) is 28.7 Å². The van der Waals surface area contributed by atoms with Crippen molar-refractivity contribution in [1.29, 1.82) is 0 Å². The normalized spacial score (nSPS) is 12.6. The predicted octanol–water partition coefficient (Wildman–Crippen LogP) is 3.14. The maximum atomic E-state index is 13.8. The zero-order valence-electron chi connectivity index (χ0n) is 14.4. The molecule has 4 aromatic heterocycles. The SMILES string of the molecule is FC(F)Oc1cc(Nc2cnc3cnn([C@@H](c4cccnc4)C(F)F)c3n2)[nH]n1. The standard InChI is InChI=1S/C16H12F4N8O/c17-14(18)13(8-2-1-3-21-5-8)28-15-9(6-23-28)22-7-11(25-15)24-10-4-12(27-26-10)29-16(19)20/h1-7,13-14,16H,(H2,24,25,26,27)/t13-/m0/s1. The lowest BCUT2D eigenvalue weighted by Crippen LogP contribution is -2.20. The van der Waals surface area contributed by atoms with Gasteiger partial charge in [0.05, 0.1) is 12.4 Å². The molecule has 0 aliphatic carbocycles. The van der Waals surface area contributed by atoms with Gasteiger partial charge in [-0.25, -0.2) is 23.4 Å². The number of fused-ring (bicyclic) bond motifs is 1. The molecule has 29 heavy (non-hydrogen) atoms. The van der Waals surface area contributed by atoms with Crippen molar-refractivity contribution in [2.75, 3.05) is 5.32 Å². The largest absolute Gasteiger partial charge is 0.415 e. The summed E-state index contributed by atoms with van der Waals surface area (Å²) in [6.07, 6.45) is 2.69. The zero-order valence-corrected chi connectivity index (χ0v) is 14.4. The summed E-state index contributed by atoms with van der Waals surface area (Å²) in [5, 5.41) is 12.8. The number of H-pyrrole nitrogens is 1. The van der Waals surface area contributed by atoms with E-state index in [4.69, 9.17) is 0 Å². The van der Waals surface area contributed by atoms with Crippen molar-refractivity contribution >= 4 is 22.8 Å². The van der Waals surface area contributed by atoms with Gasteiger partial charge in [-0.1, -0.05) is 6.07 Å². The van der Waals surface area contributed by atoms with Crippen molar-refractivity contribution in [2.24, 2.45) is 0 Å². The van der Waals surface area contributed by atoms with Gasteiger partial charge in [-0.3, -0.25) is 10.1 Å². The highest BCUT2D eigenvalue weighted by atomic mass is 19.3. The van der Waals surface area contributed by atoms with Crippen molar-refractivity contribution in [2.45, 2.75) is 19.1 Å². The van der Waals surface area contributed by atoms with E-state index in [2.05, 4.69) is 40.3 Å². The molecule has 2 N–H and O–H groups in total. The molecule has 0 fully saturated rings. The van der Waals surface area contributed by atoms with Crippen LogP contribution in [0.4, 0.5) is 29.2 Å². The number of anilines is 2. The van der Waals surface area contributed by atoms with E-state index >= 15 is 0 Å². The molecule has 0 amide bonds. The lowest BCUT2D eigenvalue weighted by atomic mass is 10.1. The van der Waals surface area contributed by atoms with Crippen molar-refractivity contribution in [3.8, 4) is 5.88 Å². The lowest BCUT2D eigenvalue weighted by Gasteiger charge is -2.17. The van der Waals surface area contributed by atoms with Gasteiger partial charge < -0.3 is 10.1 Å². The Hall–Kier alpha value is -3.77. The Morgan fingerprint density at radius 1 is 1.14 bits per heavy atom. The van der Waals surface area contributed by atoms with Crippen LogP contribution in [0.1, 0.15) is 11.6 Å². The third-order valence-electron chi connectivity index (χ3n) is 3.86. The zero-order chi connectivity index (χ0) is 20.4. The van der Waals surface area contributed by atoms with Crippen LogP contribution in [0.15, 0.2) is 43.0 Å². The molecule has 150 valence electrons. The number of aromatic nitrogens is 7. The summed E-state index contributed by atoms with van der Waals surface area (Å²) in [6.45, 7) is -3.02. The molecule has 0 unspecified atom stereocenters. The number of ether oxygens (including phenoxy) is 1. The second-order valence-corrected chi connectivity index (χ2v) is 5.74. The Morgan fingerprint density at radius 3 is 2.72 bits per heavy atom. The number of hydrogen-bond donors (Lipinski definition) is 2. The van der Waals surface area contributed by atoms with E-state index in [1.165, 1.54) is 36.9 Å². The van der Waals surface area contributed by atoms with Crippen LogP contribution in [-0.2, 0) is 0 Å². The molecular formula is C16H12F4N8O. The number of hydrogen-bond acceptors (Lipinski definition) is 7. The molecule has 0 bridgehead atoms. The van der Waals surface area contributed by atoms with Crippen molar-refractivity contribution in [3.63, 3.8) is 0 Å². The fourth-order valence-corrected chi connectivity index (χ4v) is 2.69. The Labute approximate surface area is 159 Å². The van der Waals surface area contributed by atoms with Crippen LogP contribution in [0.2, 0.25) is 0 Å². The van der Waals surface area contributed by atoms with Crippen molar-refractivity contribution < 1.29 is 22.3 Å². The van der Waals surface area contributed by atoms with Crippen molar-refractivity contribution in [3.05, 3.63) is 48.5 Å². The van der Waals surface area contributed by atoms with Crippen LogP contribution >= 0.6 is 0 Å². The number of rotatable bonds is 7. The first-order chi connectivity index (χ1) is 14.0. The summed E-state index contributed by atoms with van der Waals surface area (Å²) in [4.78, 5) is 12.3. The first-order valence-electron chi connectivity index (χ1n) is 8.17. The smallest absolute Gasteiger partial charge is 0.388 e. The van der Waals surface area contributed by atoms with Gasteiger partial charge in [-0.2, -0.15) is 13.9 Å². The van der Waals surface area contributed by atoms with Gasteiger partial charge in [-0.15, -0.1) is 5.10 Å². The number of halogens is 4. The van der Waals surface area contributed by atoms with E-state index in [9.17, 15) is 17.6 Å². The maximum Gasteiger partial charge on any atom is 0.388 e. The molecular weight excluding hydrogens is 396 g/mol. The van der Waals surface area contributed by atoms with Gasteiger partial charge in [0, 0.05) is 24.0 Å². The fourth-order valence-electron chi connectivity index (χ4n) is 2.69. The molecule has 0 saturated carbocycles. The average molecular weight is 408 g/mol. The highest BCUT2D eigenvalue weighted by molar-refractivity contribution is 5.72. The molecule has 0 radical (unpaired) electrons. The first kappa shape index (κ1) is 18.6. The van der Waals surface area contributed by atoms with Gasteiger partial charge in [0.25, 0.3) is 6.43 Å². The highest BCUT2D eigenvalue weighted by Crippen LogP contribution is 2.28. The maximum absolute atomic E-state index is 13.8. The van der Waals surface area contributed by atoms with E-state index in [1.54, 1.807) is 6.07 Å². The quantitative estimate of drug-likeness (QED) is 0.453. The molecule has 0 aromatic carbocycles. The predicted molar refractivity (Wildman–Crippen MR) is 92.2 cm³/mol. The van der Waals surface area contributed by atoms with Crippen LogP contribution in [0.5, 0.6) is 5.88 Å². The number of aromatic amines is 1. The minimum Gasteiger partial charge on any atom is -0.415 e. The van der Waals surface area contributed by atoms with E-state index in [1.807, 2.05) is 0 Å². The Kier molecular flexibility index (Phi) is 4.93. The Morgan fingerprint density at radius 2 is 2.00 bits per heavy atom. The third-order valence-corrected chi connectivity index (χ3v) is 3.86. The van der Waals surface area contributed by atoms with Crippen LogP contribution in [0.3, 0.4) is 0 Å². The van der Waals surface area contributed by atoms with Gasteiger partial charge in [0.2, 0.25) is 5.88 Å². The summed E-state index contributed by atoms with van der Waals surface area (Å²) >= 11 is 0. The van der Waals surface area contributed by atoms with Crippen LogP contribution < -0.4 is 10.1 Å². The highest BCUT2D eigenvalue weighted by Gasteiger charge is 2.28. The van der Waals surface area contributed by atoms with E-state index < -0.39 is 19.1 Å². The fraction of sp³-hybridized carbons (Fsp3) is 0.188. The summed E-state index contributed by atoms with van der Waals surface area (Å²) in [7, 11) is 0. The Balaban J connectivity index is 1.66. The van der Waals surface area contributed by atoms with Crippen LogP contribution in [0.25, 0.3) is 11.2 Å². The van der Waals surface area contributed by atoms with Gasteiger partial charge in [-0.05, 0) is 6.07 Å². The minimum atomic E-state index is -3.02. The number of pyridine rings is 1. The topological polar surface area (TPSA) is 106 Å². The molecule has 13 heteroatoms. The van der Waals surface area contributed by atoms with Crippen LogP contribution in [-0.4, -0.2) is 48.0 Å². The average Bonchev–Trinajstić information content (AvgIpc) is 3.29. The molecule has 0 aliphatic rings. The Bertz CT molecular complexity index is 1100.